The molecule has 0 aromatic carbocycles. The fourth-order valence-corrected chi connectivity index (χ4v) is 1.89. The molecule has 0 saturated carbocycles. The summed E-state index contributed by atoms with van der Waals surface area (Å²) in [4.78, 5) is 16.7. The van der Waals surface area contributed by atoms with E-state index in [4.69, 9.17) is 4.74 Å². The van der Waals surface area contributed by atoms with Crippen molar-refractivity contribution in [3.05, 3.63) is 26.9 Å². The minimum atomic E-state index is -0.421. The van der Waals surface area contributed by atoms with Gasteiger partial charge in [-0.1, -0.05) is 0 Å². The van der Waals surface area contributed by atoms with Crippen LogP contribution in [0.15, 0.2) is 16.7 Å². The number of ether oxygens (including phenoxy) is 1. The highest BCUT2D eigenvalue weighted by atomic mass is 79.9. The van der Waals surface area contributed by atoms with E-state index >= 15 is 0 Å². The van der Waals surface area contributed by atoms with Crippen molar-refractivity contribution < 1.29 is 9.66 Å². The van der Waals surface area contributed by atoms with Crippen LogP contribution in [0.1, 0.15) is 13.8 Å². The minimum Gasteiger partial charge on any atom is -0.383 e. The molecule has 0 unspecified atom stereocenters. The monoisotopic (exact) mass is 317 g/mol. The highest BCUT2D eigenvalue weighted by Gasteiger charge is 2.23. The van der Waals surface area contributed by atoms with Gasteiger partial charge in [0.15, 0.2) is 0 Å². The van der Waals surface area contributed by atoms with Crippen LogP contribution in [0.4, 0.5) is 11.5 Å². The maximum absolute atomic E-state index is 11.1. The molecule has 6 nitrogen and oxygen atoms in total. The van der Waals surface area contributed by atoms with Crippen LogP contribution in [0.2, 0.25) is 0 Å². The van der Waals surface area contributed by atoms with E-state index in [1.807, 2.05) is 18.7 Å². The second-order valence-electron chi connectivity index (χ2n) is 4.03. The van der Waals surface area contributed by atoms with Gasteiger partial charge in [0.25, 0.3) is 0 Å². The smallest absolute Gasteiger partial charge is 0.312 e. The van der Waals surface area contributed by atoms with Gasteiger partial charge < -0.3 is 9.64 Å². The Balaban J connectivity index is 3.14. The van der Waals surface area contributed by atoms with Crippen LogP contribution < -0.4 is 4.90 Å². The Kier molecular flexibility index (Phi) is 5.49. The highest BCUT2D eigenvalue weighted by Crippen LogP contribution is 2.29. The number of halogens is 1. The molecular weight excluding hydrogens is 302 g/mol. The van der Waals surface area contributed by atoms with Crippen molar-refractivity contribution in [2.45, 2.75) is 19.9 Å². The summed E-state index contributed by atoms with van der Waals surface area (Å²) < 4.78 is 5.61. The van der Waals surface area contributed by atoms with Gasteiger partial charge in [-0.3, -0.25) is 10.1 Å². The van der Waals surface area contributed by atoms with Crippen molar-refractivity contribution in [3.63, 3.8) is 0 Å². The molecule has 1 aromatic heterocycles. The lowest BCUT2D eigenvalue weighted by molar-refractivity contribution is -0.384. The second kappa shape index (κ2) is 6.65. The molecule has 1 heterocycles. The van der Waals surface area contributed by atoms with Crippen molar-refractivity contribution in [3.8, 4) is 0 Å². The van der Waals surface area contributed by atoms with Gasteiger partial charge >= 0.3 is 5.69 Å². The summed E-state index contributed by atoms with van der Waals surface area (Å²) in [7, 11) is 1.60. The summed E-state index contributed by atoms with van der Waals surface area (Å²) in [5.41, 5.74) is -0.00539. The third-order valence-corrected chi connectivity index (χ3v) is 2.88. The Morgan fingerprint density at radius 2 is 2.28 bits per heavy atom. The molecule has 0 aliphatic carbocycles. The summed E-state index contributed by atoms with van der Waals surface area (Å²) in [6.45, 7) is 4.98. The lowest BCUT2D eigenvalue weighted by Gasteiger charge is -2.27. The molecule has 0 amide bonds. The Morgan fingerprint density at radius 1 is 1.61 bits per heavy atom. The number of rotatable bonds is 6. The quantitative estimate of drug-likeness (QED) is 0.596. The van der Waals surface area contributed by atoms with Crippen molar-refractivity contribution in [2.24, 2.45) is 0 Å². The molecule has 0 spiro atoms. The van der Waals surface area contributed by atoms with Gasteiger partial charge in [-0.2, -0.15) is 0 Å². The van der Waals surface area contributed by atoms with Gasteiger partial charge in [0.2, 0.25) is 5.82 Å². The van der Waals surface area contributed by atoms with Gasteiger partial charge in [-0.05, 0) is 29.8 Å². The Labute approximate surface area is 114 Å². The second-order valence-corrected chi connectivity index (χ2v) is 4.95. The number of aromatic nitrogens is 1. The first-order chi connectivity index (χ1) is 8.47. The summed E-state index contributed by atoms with van der Waals surface area (Å²) in [5.74, 6) is 0.371. The lowest BCUT2D eigenvalue weighted by Crippen LogP contribution is -2.35. The molecule has 0 saturated heterocycles. The van der Waals surface area contributed by atoms with Gasteiger partial charge in [0.05, 0.1) is 11.5 Å². The molecule has 1 rings (SSSR count). The van der Waals surface area contributed by atoms with E-state index in [-0.39, 0.29) is 11.7 Å². The van der Waals surface area contributed by atoms with E-state index in [2.05, 4.69) is 20.9 Å². The first kappa shape index (κ1) is 14.8. The third kappa shape index (κ3) is 3.64. The van der Waals surface area contributed by atoms with E-state index in [0.29, 0.717) is 23.4 Å². The van der Waals surface area contributed by atoms with Gasteiger partial charge in [0, 0.05) is 36.4 Å². The number of anilines is 1. The molecule has 0 N–H and O–H groups in total. The zero-order valence-electron chi connectivity index (χ0n) is 10.6. The van der Waals surface area contributed by atoms with Crippen LogP contribution in [0.5, 0.6) is 0 Å². The molecule has 0 aliphatic rings. The first-order valence-electron chi connectivity index (χ1n) is 5.53. The lowest BCUT2D eigenvalue weighted by atomic mass is 10.3. The fraction of sp³-hybridized carbons (Fsp3) is 0.545. The van der Waals surface area contributed by atoms with E-state index in [0.717, 1.165) is 0 Å². The van der Waals surface area contributed by atoms with Gasteiger partial charge in [-0.15, -0.1) is 0 Å². The zero-order valence-corrected chi connectivity index (χ0v) is 12.2. The van der Waals surface area contributed by atoms with Crippen LogP contribution in [0, 0.1) is 10.1 Å². The van der Waals surface area contributed by atoms with E-state index in [1.165, 1.54) is 6.07 Å². The van der Waals surface area contributed by atoms with Gasteiger partial charge in [0.1, 0.15) is 0 Å². The van der Waals surface area contributed by atoms with Gasteiger partial charge in [-0.25, -0.2) is 4.98 Å². The predicted molar refractivity (Wildman–Crippen MR) is 72.9 cm³/mol. The van der Waals surface area contributed by atoms with E-state index in [9.17, 15) is 10.1 Å². The summed E-state index contributed by atoms with van der Waals surface area (Å²) >= 11 is 3.19. The van der Waals surface area contributed by atoms with Crippen molar-refractivity contribution in [2.75, 3.05) is 25.2 Å². The standard InChI is InChI=1S/C11H16BrN3O3/c1-8(2)14(4-5-18-3)11-10(15(16)17)6-9(12)7-13-11/h6-8H,4-5H2,1-3H3. The predicted octanol–water partition coefficient (Wildman–Crippen LogP) is 2.61. The van der Waals surface area contributed by atoms with Crippen LogP contribution in [0.3, 0.4) is 0 Å². The number of hydrogen-bond acceptors (Lipinski definition) is 5. The van der Waals surface area contributed by atoms with Crippen LogP contribution in [0.25, 0.3) is 0 Å². The number of hydrogen-bond donors (Lipinski definition) is 0. The minimum absolute atomic E-state index is 0.00539. The molecule has 18 heavy (non-hydrogen) atoms. The largest absolute Gasteiger partial charge is 0.383 e. The average molecular weight is 318 g/mol. The van der Waals surface area contributed by atoms with Crippen molar-refractivity contribution >= 4 is 27.4 Å². The van der Waals surface area contributed by atoms with Crippen LogP contribution in [-0.4, -0.2) is 36.2 Å². The maximum Gasteiger partial charge on any atom is 0.312 e. The summed E-state index contributed by atoms with van der Waals surface area (Å²) in [6, 6.07) is 1.57. The summed E-state index contributed by atoms with van der Waals surface area (Å²) in [5, 5.41) is 11.1. The SMILES string of the molecule is COCCN(c1ncc(Br)cc1[N+](=O)[O-])C(C)C. The first-order valence-corrected chi connectivity index (χ1v) is 6.32. The molecule has 0 atom stereocenters. The number of nitro groups is 1. The van der Waals surface area contributed by atoms with E-state index in [1.54, 1.807) is 13.3 Å². The van der Waals surface area contributed by atoms with Crippen molar-refractivity contribution in [1.82, 2.24) is 4.98 Å². The maximum atomic E-state index is 11.1. The fourth-order valence-electron chi connectivity index (χ4n) is 1.58. The normalized spacial score (nSPS) is 10.7. The van der Waals surface area contributed by atoms with E-state index < -0.39 is 4.92 Å². The molecule has 0 bridgehead atoms. The Hall–Kier alpha value is -1.21. The number of methoxy groups -OCH3 is 1. The molecular formula is C11H16BrN3O3. The third-order valence-electron chi connectivity index (χ3n) is 2.44. The zero-order chi connectivity index (χ0) is 13.7. The Bertz CT molecular complexity index is 426. The van der Waals surface area contributed by atoms with Crippen LogP contribution in [-0.2, 0) is 4.74 Å². The van der Waals surface area contributed by atoms with Crippen molar-refractivity contribution in [1.29, 1.82) is 0 Å². The number of nitrogens with zero attached hydrogens (tertiary/aromatic N) is 3. The molecule has 1 aromatic rings. The number of pyridine rings is 1. The molecule has 100 valence electrons. The summed E-state index contributed by atoms with van der Waals surface area (Å²) in [6.07, 6.45) is 1.56. The molecule has 0 fully saturated rings. The Morgan fingerprint density at radius 3 is 2.78 bits per heavy atom. The average Bonchev–Trinajstić information content (AvgIpc) is 2.30. The highest BCUT2D eigenvalue weighted by molar-refractivity contribution is 9.10. The van der Waals surface area contributed by atoms with Crippen LogP contribution >= 0.6 is 15.9 Å². The topological polar surface area (TPSA) is 68.5 Å². The molecule has 0 aliphatic heterocycles. The molecule has 7 heteroatoms. The molecule has 0 radical (unpaired) electrons.